The molecule has 5 nitrogen and oxygen atoms in total. The van der Waals surface area contributed by atoms with Crippen molar-refractivity contribution in [1.82, 2.24) is 4.98 Å². The third kappa shape index (κ3) is 5.28. The molecular weight excluding hydrogens is 566 g/mol. The van der Waals surface area contributed by atoms with E-state index in [1.54, 1.807) is 30.5 Å². The molecule has 2 aromatic heterocycles. The summed E-state index contributed by atoms with van der Waals surface area (Å²) in [5.74, 6) is -1.33. The number of halogens is 3. The zero-order valence-corrected chi connectivity index (χ0v) is 23.9. The van der Waals surface area contributed by atoms with Gasteiger partial charge in [-0.25, -0.2) is 13.6 Å². The Morgan fingerprint density at radius 3 is 2.68 bits per heavy atom. The molecule has 2 atom stereocenters. The van der Waals surface area contributed by atoms with Gasteiger partial charge in [0.25, 0.3) is 0 Å². The van der Waals surface area contributed by atoms with Gasteiger partial charge in [0.05, 0.1) is 22.7 Å². The van der Waals surface area contributed by atoms with Crippen LogP contribution >= 0.6 is 22.9 Å². The summed E-state index contributed by atoms with van der Waals surface area (Å²) in [4.78, 5) is 17.0. The first-order chi connectivity index (χ1) is 19.8. The van der Waals surface area contributed by atoms with Gasteiger partial charge in [0, 0.05) is 16.9 Å². The van der Waals surface area contributed by atoms with E-state index < -0.39 is 23.9 Å². The number of alkyl halides is 2. The van der Waals surface area contributed by atoms with Crippen LogP contribution in [0, 0.1) is 11.8 Å². The van der Waals surface area contributed by atoms with Gasteiger partial charge in [-0.1, -0.05) is 41.9 Å². The minimum absolute atomic E-state index is 0.0420. The zero-order valence-electron chi connectivity index (χ0n) is 22.4. The first kappa shape index (κ1) is 27.9. The molecule has 0 aliphatic heterocycles. The van der Waals surface area contributed by atoms with Gasteiger partial charge in [0.2, 0.25) is 6.43 Å². The van der Waals surface area contributed by atoms with Crippen LogP contribution in [0.15, 0.2) is 72.2 Å². The summed E-state index contributed by atoms with van der Waals surface area (Å²) in [5, 5.41) is 16.1. The first-order valence-corrected chi connectivity index (χ1v) is 15.1. The smallest absolute Gasteiger partial charge is 0.329 e. The molecule has 1 saturated carbocycles. The molecule has 214 valence electrons. The Labute approximate surface area is 246 Å². The summed E-state index contributed by atoms with van der Waals surface area (Å²) in [5.41, 5.74) is 2.28. The van der Waals surface area contributed by atoms with Gasteiger partial charge in [-0.05, 0) is 96.7 Å². The maximum atomic E-state index is 14.5. The minimum atomic E-state index is -2.54. The van der Waals surface area contributed by atoms with E-state index in [9.17, 15) is 18.7 Å². The van der Waals surface area contributed by atoms with Crippen LogP contribution in [-0.4, -0.2) is 34.6 Å². The highest BCUT2D eigenvalue weighted by Gasteiger charge is 2.54. The maximum absolute atomic E-state index is 14.5. The van der Waals surface area contributed by atoms with Crippen LogP contribution < -0.4 is 10.1 Å². The van der Waals surface area contributed by atoms with E-state index in [-0.39, 0.29) is 17.9 Å². The normalized spacial score (nSPS) is 24.4. The summed E-state index contributed by atoms with van der Waals surface area (Å²) in [7, 11) is 0. The van der Waals surface area contributed by atoms with E-state index in [0.717, 1.165) is 10.2 Å². The highest BCUT2D eigenvalue weighted by atomic mass is 35.5. The minimum Gasteiger partial charge on any atom is -0.491 e. The molecule has 2 heterocycles. The number of benzene rings is 2. The standard InChI is InChI=1S/C32H31ClF2N2O3S/c33-23-5-3-6-24(18-23)37-32(30(38)39)12-10-31(11-13-32)22(16-20-4-1-2-7-25(20)31)17-21(29(34)35)19-40-27-8-14-36-26-9-15-41-28(26)27/h1-9,14-15,18,21-22,29,37H,10-13,16-17,19H2,(H,38,39)/t21-,22-,31?,32?/m1/s1. The topological polar surface area (TPSA) is 71.5 Å². The van der Waals surface area contributed by atoms with Crippen molar-refractivity contribution in [3.05, 3.63) is 88.4 Å². The van der Waals surface area contributed by atoms with E-state index in [4.69, 9.17) is 16.3 Å². The molecule has 1 spiro atoms. The van der Waals surface area contributed by atoms with Gasteiger partial charge in [0.1, 0.15) is 11.3 Å². The number of anilines is 1. The van der Waals surface area contributed by atoms with Crippen molar-refractivity contribution >= 4 is 44.8 Å². The number of hydrogen-bond donors (Lipinski definition) is 2. The Balaban J connectivity index is 1.24. The number of nitrogens with zero attached hydrogens (tertiary/aromatic N) is 1. The van der Waals surface area contributed by atoms with Crippen LogP contribution in [0.2, 0.25) is 5.02 Å². The number of thiophene rings is 1. The fraction of sp³-hybridized carbons (Fsp3) is 0.375. The Hall–Kier alpha value is -3.23. The van der Waals surface area contributed by atoms with Gasteiger partial charge >= 0.3 is 5.97 Å². The lowest BCUT2D eigenvalue weighted by atomic mass is 9.59. The number of carbonyl (C=O) groups is 1. The second-order valence-corrected chi connectivity index (χ2v) is 12.7. The molecule has 0 radical (unpaired) electrons. The lowest BCUT2D eigenvalue weighted by molar-refractivity contribution is -0.144. The zero-order chi connectivity index (χ0) is 28.6. The SMILES string of the molecule is O=C(O)C1(Nc2cccc(Cl)c2)CCC2(CC1)c1ccccc1C[C@@H]2C[C@H](COc1ccnc2ccsc12)C(F)F. The quantitative estimate of drug-likeness (QED) is 0.204. The number of carboxylic acid groups (broad SMARTS) is 1. The molecule has 2 aromatic carbocycles. The Morgan fingerprint density at radius 1 is 1.12 bits per heavy atom. The molecule has 1 fully saturated rings. The maximum Gasteiger partial charge on any atom is 0.329 e. The third-order valence-corrected chi connectivity index (χ3v) is 10.3. The highest BCUT2D eigenvalue weighted by Crippen LogP contribution is 2.56. The third-order valence-electron chi connectivity index (χ3n) is 9.12. The molecule has 0 bridgehead atoms. The number of nitrogens with one attached hydrogen (secondary N) is 1. The van der Waals surface area contributed by atoms with Gasteiger partial charge in [-0.15, -0.1) is 11.3 Å². The molecule has 0 amide bonds. The summed E-state index contributed by atoms with van der Waals surface area (Å²) in [6, 6.07) is 18.9. The average Bonchev–Trinajstić information content (AvgIpc) is 3.56. The van der Waals surface area contributed by atoms with Gasteiger partial charge < -0.3 is 15.2 Å². The van der Waals surface area contributed by atoms with Crippen molar-refractivity contribution in [2.45, 2.75) is 55.9 Å². The molecule has 6 rings (SSSR count). The average molecular weight is 597 g/mol. The molecule has 9 heteroatoms. The number of fused-ring (bicyclic) bond motifs is 3. The number of pyridine rings is 1. The van der Waals surface area contributed by atoms with Crippen molar-refractivity contribution in [2.75, 3.05) is 11.9 Å². The molecule has 2 aliphatic carbocycles. The Kier molecular flexibility index (Phi) is 7.64. The largest absolute Gasteiger partial charge is 0.491 e. The van der Waals surface area contributed by atoms with Crippen LogP contribution in [0.4, 0.5) is 14.5 Å². The molecule has 4 aromatic rings. The molecule has 0 unspecified atom stereocenters. The molecule has 2 N–H and O–H groups in total. The van der Waals surface area contributed by atoms with E-state index in [1.807, 2.05) is 29.6 Å². The molecular formula is C32H31ClF2N2O3S. The summed E-state index contributed by atoms with van der Waals surface area (Å²) >= 11 is 7.64. The van der Waals surface area contributed by atoms with E-state index >= 15 is 0 Å². The van der Waals surface area contributed by atoms with Crippen molar-refractivity contribution < 1.29 is 23.4 Å². The summed E-state index contributed by atoms with van der Waals surface area (Å²) < 4.78 is 35.9. The van der Waals surface area contributed by atoms with Crippen LogP contribution in [0.1, 0.15) is 43.2 Å². The van der Waals surface area contributed by atoms with E-state index in [1.165, 1.54) is 22.5 Å². The second kappa shape index (κ2) is 11.2. The second-order valence-electron chi connectivity index (χ2n) is 11.3. The lowest BCUT2D eigenvalue weighted by Crippen LogP contribution is -2.53. The van der Waals surface area contributed by atoms with Crippen LogP contribution in [0.5, 0.6) is 5.75 Å². The summed E-state index contributed by atoms with van der Waals surface area (Å²) in [6.07, 6.45) is 2.03. The number of rotatable bonds is 9. The molecule has 0 saturated heterocycles. The van der Waals surface area contributed by atoms with Crippen molar-refractivity contribution in [1.29, 1.82) is 0 Å². The fourth-order valence-corrected chi connectivity index (χ4v) is 7.99. The van der Waals surface area contributed by atoms with Crippen LogP contribution in [-0.2, 0) is 16.6 Å². The van der Waals surface area contributed by atoms with Crippen LogP contribution in [0.3, 0.4) is 0 Å². The highest BCUT2D eigenvalue weighted by molar-refractivity contribution is 7.17. The van der Waals surface area contributed by atoms with Gasteiger partial charge in [-0.2, -0.15) is 0 Å². The number of carboxylic acids is 1. The monoisotopic (exact) mass is 596 g/mol. The number of aromatic nitrogens is 1. The van der Waals surface area contributed by atoms with E-state index in [2.05, 4.69) is 22.4 Å². The van der Waals surface area contributed by atoms with Gasteiger partial charge in [0.15, 0.2) is 0 Å². The fourth-order valence-electron chi connectivity index (χ4n) is 6.98. The number of ether oxygens (including phenoxy) is 1. The van der Waals surface area contributed by atoms with Gasteiger partial charge in [-0.3, -0.25) is 4.98 Å². The summed E-state index contributed by atoms with van der Waals surface area (Å²) in [6.45, 7) is -0.0903. The predicted molar refractivity (Wildman–Crippen MR) is 158 cm³/mol. The Morgan fingerprint density at radius 2 is 1.93 bits per heavy atom. The Bertz CT molecular complexity index is 1550. The predicted octanol–water partition coefficient (Wildman–Crippen LogP) is 8.22. The molecule has 41 heavy (non-hydrogen) atoms. The van der Waals surface area contributed by atoms with Crippen LogP contribution in [0.25, 0.3) is 10.2 Å². The number of aliphatic carboxylic acids is 1. The molecule has 2 aliphatic rings. The van der Waals surface area contributed by atoms with Crippen molar-refractivity contribution in [3.63, 3.8) is 0 Å². The van der Waals surface area contributed by atoms with Crippen molar-refractivity contribution in [2.24, 2.45) is 11.8 Å². The number of hydrogen-bond acceptors (Lipinski definition) is 5. The van der Waals surface area contributed by atoms with E-state index in [0.29, 0.717) is 55.0 Å². The first-order valence-electron chi connectivity index (χ1n) is 13.9. The van der Waals surface area contributed by atoms with Crippen molar-refractivity contribution in [3.8, 4) is 5.75 Å². The lowest BCUT2D eigenvalue weighted by Gasteiger charge is -2.47.